The third-order valence-corrected chi connectivity index (χ3v) is 3.39. The zero-order valence-electron chi connectivity index (χ0n) is 10.7. The van der Waals surface area contributed by atoms with Crippen molar-refractivity contribution in [3.63, 3.8) is 0 Å². The zero-order valence-corrected chi connectivity index (χ0v) is 10.7. The van der Waals surface area contributed by atoms with Crippen molar-refractivity contribution in [2.45, 2.75) is 18.9 Å². The fourth-order valence-electron chi connectivity index (χ4n) is 2.39. The molecule has 19 heavy (non-hydrogen) atoms. The van der Waals surface area contributed by atoms with E-state index in [0.717, 1.165) is 30.8 Å². The van der Waals surface area contributed by atoms with Gasteiger partial charge in [0.25, 0.3) is 0 Å². The van der Waals surface area contributed by atoms with E-state index in [4.69, 9.17) is 0 Å². The normalized spacial score (nSPS) is 18.4. The monoisotopic (exact) mass is 255 g/mol. The van der Waals surface area contributed by atoms with Crippen LogP contribution in [-0.4, -0.2) is 23.1 Å². The van der Waals surface area contributed by atoms with Crippen LogP contribution in [0.3, 0.4) is 0 Å². The van der Waals surface area contributed by atoms with Crippen LogP contribution in [0.1, 0.15) is 12.8 Å². The average Bonchev–Trinajstić information content (AvgIpc) is 3.13. The smallest absolute Gasteiger partial charge is 0.241 e. The molecule has 0 aliphatic carbocycles. The van der Waals surface area contributed by atoms with E-state index >= 15 is 0 Å². The molecule has 0 saturated carbocycles. The number of rotatable bonds is 3. The first kappa shape index (κ1) is 12.0. The second-order valence-electron chi connectivity index (χ2n) is 4.78. The Kier molecular flexibility index (Phi) is 3.33. The number of nitrogens with one attached hydrogen (secondary N) is 2. The molecule has 4 heteroatoms. The number of nitrogens with zero attached hydrogens (tertiary/aromatic N) is 1. The largest absolute Gasteiger partial charge is 0.325 e. The van der Waals surface area contributed by atoms with Crippen LogP contribution >= 0.6 is 0 Å². The number of anilines is 1. The third-order valence-electron chi connectivity index (χ3n) is 3.39. The Morgan fingerprint density at radius 1 is 1.26 bits per heavy atom. The van der Waals surface area contributed by atoms with E-state index in [9.17, 15) is 4.79 Å². The molecule has 1 aromatic carbocycles. The molecule has 1 aliphatic rings. The molecule has 1 aliphatic heterocycles. The van der Waals surface area contributed by atoms with E-state index in [-0.39, 0.29) is 11.9 Å². The van der Waals surface area contributed by atoms with Gasteiger partial charge >= 0.3 is 0 Å². The van der Waals surface area contributed by atoms with Crippen molar-refractivity contribution < 1.29 is 4.79 Å². The van der Waals surface area contributed by atoms with Gasteiger partial charge in [-0.3, -0.25) is 4.79 Å². The van der Waals surface area contributed by atoms with Crippen LogP contribution in [-0.2, 0) is 4.79 Å². The fraction of sp³-hybridized carbons (Fsp3) is 0.267. The van der Waals surface area contributed by atoms with Crippen LogP contribution in [0.4, 0.5) is 5.69 Å². The first-order valence-electron chi connectivity index (χ1n) is 6.60. The number of hydrogen-bond acceptors (Lipinski definition) is 2. The van der Waals surface area contributed by atoms with Crippen molar-refractivity contribution in [2.75, 3.05) is 11.9 Å². The minimum atomic E-state index is -0.0461. The standard InChI is InChI=1S/C15H17N3O/c19-15(14-7-4-8-16-14)17-12-5-3-6-13(11-12)18-9-1-2-10-18/h1-3,5-6,9-11,14,16H,4,7-8H2,(H,17,19)/t14-/m0/s1. The van der Waals surface area contributed by atoms with E-state index in [2.05, 4.69) is 10.6 Å². The van der Waals surface area contributed by atoms with Crippen molar-refractivity contribution in [3.05, 3.63) is 48.8 Å². The van der Waals surface area contributed by atoms with Gasteiger partial charge in [0, 0.05) is 23.8 Å². The van der Waals surface area contributed by atoms with E-state index in [1.807, 2.05) is 53.4 Å². The number of amides is 1. The predicted molar refractivity (Wildman–Crippen MR) is 75.4 cm³/mol. The SMILES string of the molecule is O=C(Nc1cccc(-n2cccc2)c1)[C@@H]1CCCN1. The first-order chi connectivity index (χ1) is 9.33. The Morgan fingerprint density at radius 2 is 2.11 bits per heavy atom. The number of carbonyl (C=O) groups excluding carboxylic acids is 1. The highest BCUT2D eigenvalue weighted by Crippen LogP contribution is 2.16. The van der Waals surface area contributed by atoms with Gasteiger partial charge in [-0.25, -0.2) is 0 Å². The first-order valence-corrected chi connectivity index (χ1v) is 6.60. The number of benzene rings is 1. The van der Waals surface area contributed by atoms with Gasteiger partial charge in [0.2, 0.25) is 5.91 Å². The molecule has 3 rings (SSSR count). The molecule has 0 unspecified atom stereocenters. The van der Waals surface area contributed by atoms with Gasteiger partial charge in [0.1, 0.15) is 0 Å². The number of aromatic nitrogens is 1. The van der Waals surface area contributed by atoms with Crippen molar-refractivity contribution in [2.24, 2.45) is 0 Å². The second kappa shape index (κ2) is 5.28. The number of carbonyl (C=O) groups is 1. The van der Waals surface area contributed by atoms with Crippen LogP contribution in [0.25, 0.3) is 5.69 Å². The lowest BCUT2D eigenvalue weighted by Gasteiger charge is -2.12. The molecule has 1 fully saturated rings. The van der Waals surface area contributed by atoms with Crippen LogP contribution in [0.15, 0.2) is 48.8 Å². The molecule has 0 radical (unpaired) electrons. The molecule has 1 saturated heterocycles. The highest BCUT2D eigenvalue weighted by Gasteiger charge is 2.21. The van der Waals surface area contributed by atoms with Crippen molar-refractivity contribution in [1.29, 1.82) is 0 Å². The summed E-state index contributed by atoms with van der Waals surface area (Å²) < 4.78 is 2.02. The number of hydrogen-bond donors (Lipinski definition) is 2. The summed E-state index contributed by atoms with van der Waals surface area (Å²) in [4.78, 5) is 12.0. The molecule has 2 aromatic rings. The summed E-state index contributed by atoms with van der Waals surface area (Å²) in [5.74, 6) is 0.0576. The quantitative estimate of drug-likeness (QED) is 0.883. The van der Waals surface area contributed by atoms with Crippen LogP contribution < -0.4 is 10.6 Å². The molecular weight excluding hydrogens is 238 g/mol. The van der Waals surface area contributed by atoms with E-state index < -0.39 is 0 Å². The summed E-state index contributed by atoms with van der Waals surface area (Å²) in [5, 5.41) is 6.17. The Hall–Kier alpha value is -2.07. The Morgan fingerprint density at radius 3 is 2.84 bits per heavy atom. The van der Waals surface area contributed by atoms with E-state index in [0.29, 0.717) is 0 Å². The fourth-order valence-corrected chi connectivity index (χ4v) is 2.39. The van der Waals surface area contributed by atoms with Gasteiger partial charge in [0.05, 0.1) is 6.04 Å². The highest BCUT2D eigenvalue weighted by atomic mass is 16.2. The van der Waals surface area contributed by atoms with Crippen LogP contribution in [0.5, 0.6) is 0 Å². The highest BCUT2D eigenvalue weighted by molar-refractivity contribution is 5.95. The van der Waals surface area contributed by atoms with Crippen molar-refractivity contribution >= 4 is 11.6 Å². The molecule has 1 aromatic heterocycles. The Balaban J connectivity index is 1.74. The lowest BCUT2D eigenvalue weighted by atomic mass is 10.2. The van der Waals surface area contributed by atoms with Gasteiger partial charge < -0.3 is 15.2 Å². The molecule has 1 atom stereocenters. The molecule has 98 valence electrons. The zero-order chi connectivity index (χ0) is 13.1. The Bertz CT molecular complexity index is 557. The van der Waals surface area contributed by atoms with Gasteiger partial charge in [-0.05, 0) is 49.7 Å². The summed E-state index contributed by atoms with van der Waals surface area (Å²) >= 11 is 0. The lowest BCUT2D eigenvalue weighted by Crippen LogP contribution is -2.35. The molecule has 2 N–H and O–H groups in total. The topological polar surface area (TPSA) is 46.1 Å². The summed E-state index contributed by atoms with van der Waals surface area (Å²) in [6.45, 7) is 0.932. The van der Waals surface area contributed by atoms with Gasteiger partial charge in [-0.2, -0.15) is 0 Å². The minimum absolute atomic E-state index is 0.0461. The maximum atomic E-state index is 12.0. The summed E-state index contributed by atoms with van der Waals surface area (Å²) in [6, 6.07) is 11.8. The molecular formula is C15H17N3O. The molecule has 0 spiro atoms. The third kappa shape index (κ3) is 2.69. The maximum absolute atomic E-state index is 12.0. The lowest BCUT2D eigenvalue weighted by molar-refractivity contribution is -0.117. The second-order valence-corrected chi connectivity index (χ2v) is 4.78. The molecule has 4 nitrogen and oxygen atoms in total. The minimum Gasteiger partial charge on any atom is -0.325 e. The molecule has 0 bridgehead atoms. The summed E-state index contributed by atoms with van der Waals surface area (Å²) in [7, 11) is 0. The van der Waals surface area contributed by atoms with Crippen LogP contribution in [0, 0.1) is 0 Å². The average molecular weight is 255 g/mol. The summed E-state index contributed by atoms with van der Waals surface area (Å²) in [6.07, 6.45) is 5.96. The Labute approximate surface area is 112 Å². The van der Waals surface area contributed by atoms with E-state index in [1.54, 1.807) is 0 Å². The van der Waals surface area contributed by atoms with E-state index in [1.165, 1.54) is 0 Å². The van der Waals surface area contributed by atoms with Gasteiger partial charge in [-0.15, -0.1) is 0 Å². The molecule has 1 amide bonds. The van der Waals surface area contributed by atoms with Crippen molar-refractivity contribution in [3.8, 4) is 5.69 Å². The van der Waals surface area contributed by atoms with Gasteiger partial charge in [-0.1, -0.05) is 6.07 Å². The van der Waals surface area contributed by atoms with Crippen LogP contribution in [0.2, 0.25) is 0 Å². The maximum Gasteiger partial charge on any atom is 0.241 e. The predicted octanol–water partition coefficient (Wildman–Crippen LogP) is 2.17. The molecule has 2 heterocycles. The summed E-state index contributed by atoms with van der Waals surface area (Å²) in [5.41, 5.74) is 1.88. The van der Waals surface area contributed by atoms with Gasteiger partial charge in [0.15, 0.2) is 0 Å². The van der Waals surface area contributed by atoms with Crippen molar-refractivity contribution in [1.82, 2.24) is 9.88 Å².